The fraction of sp³-hybridized carbons (Fsp3) is 0.118. The first kappa shape index (κ1) is 18.2. The van der Waals surface area contributed by atoms with E-state index in [1.54, 1.807) is 13.0 Å². The highest BCUT2D eigenvalue weighted by atomic mass is 35.5. The number of benzene rings is 2. The molecular weight excluding hydrogens is 379 g/mol. The monoisotopic (exact) mass is 388 g/mol. The molecule has 136 valence electrons. The van der Waals surface area contributed by atoms with Gasteiger partial charge in [0.05, 0.1) is 22.1 Å². The Balaban J connectivity index is 2.12. The van der Waals surface area contributed by atoms with Crippen molar-refractivity contribution in [1.29, 1.82) is 0 Å². The predicted octanol–water partition coefficient (Wildman–Crippen LogP) is 5.68. The SMILES string of the molecule is Cc1cc(-c2cc(F)cc(OC(F)(F)F)c2)n(-c2ccc(F)c(Cl)c2)n1. The van der Waals surface area contributed by atoms with Crippen LogP contribution in [0.25, 0.3) is 16.9 Å². The van der Waals surface area contributed by atoms with Crippen molar-refractivity contribution in [3.8, 4) is 22.7 Å². The molecule has 3 aromatic rings. The van der Waals surface area contributed by atoms with Crippen molar-refractivity contribution in [2.24, 2.45) is 0 Å². The van der Waals surface area contributed by atoms with E-state index in [0.717, 1.165) is 18.2 Å². The summed E-state index contributed by atoms with van der Waals surface area (Å²) in [4.78, 5) is 0. The van der Waals surface area contributed by atoms with Crippen molar-refractivity contribution in [2.75, 3.05) is 0 Å². The lowest BCUT2D eigenvalue weighted by Crippen LogP contribution is -2.17. The first-order valence-electron chi connectivity index (χ1n) is 7.21. The second-order valence-electron chi connectivity index (χ2n) is 5.40. The molecule has 1 heterocycles. The summed E-state index contributed by atoms with van der Waals surface area (Å²) in [6.45, 7) is 1.65. The standard InChI is InChI=1S/C17H10ClF5N2O/c1-9-4-16(25(24-9)12-2-3-15(20)14(18)8-12)10-5-11(19)7-13(6-10)26-17(21,22)23/h2-8H,1H3. The van der Waals surface area contributed by atoms with Gasteiger partial charge in [-0.1, -0.05) is 11.6 Å². The molecule has 26 heavy (non-hydrogen) atoms. The van der Waals surface area contributed by atoms with Gasteiger partial charge >= 0.3 is 6.36 Å². The highest BCUT2D eigenvalue weighted by Gasteiger charge is 2.31. The summed E-state index contributed by atoms with van der Waals surface area (Å²) in [5.74, 6) is -2.24. The molecule has 0 atom stereocenters. The maximum Gasteiger partial charge on any atom is 0.573 e. The Morgan fingerprint density at radius 2 is 1.77 bits per heavy atom. The number of hydrogen-bond donors (Lipinski definition) is 0. The third-order valence-corrected chi connectivity index (χ3v) is 3.67. The summed E-state index contributed by atoms with van der Waals surface area (Å²) >= 11 is 5.77. The van der Waals surface area contributed by atoms with Crippen LogP contribution in [0.3, 0.4) is 0 Å². The molecule has 0 saturated carbocycles. The molecule has 3 rings (SSSR count). The molecule has 3 nitrogen and oxygen atoms in total. The van der Waals surface area contributed by atoms with Crippen molar-refractivity contribution < 1.29 is 26.7 Å². The van der Waals surface area contributed by atoms with Crippen molar-refractivity contribution in [1.82, 2.24) is 9.78 Å². The van der Waals surface area contributed by atoms with Gasteiger partial charge in [-0.05, 0) is 43.3 Å². The zero-order valence-electron chi connectivity index (χ0n) is 13.1. The normalized spacial score (nSPS) is 11.7. The van der Waals surface area contributed by atoms with Crippen molar-refractivity contribution >= 4 is 11.6 Å². The molecule has 0 aliphatic carbocycles. The fourth-order valence-electron chi connectivity index (χ4n) is 2.42. The van der Waals surface area contributed by atoms with E-state index < -0.39 is 23.7 Å². The number of alkyl halides is 3. The number of aromatic nitrogens is 2. The Labute approximate surface area is 149 Å². The highest BCUT2D eigenvalue weighted by molar-refractivity contribution is 6.30. The minimum Gasteiger partial charge on any atom is -0.406 e. The fourth-order valence-corrected chi connectivity index (χ4v) is 2.60. The van der Waals surface area contributed by atoms with Gasteiger partial charge in [-0.3, -0.25) is 0 Å². The highest BCUT2D eigenvalue weighted by Crippen LogP contribution is 2.31. The van der Waals surface area contributed by atoms with Crippen molar-refractivity contribution in [3.63, 3.8) is 0 Å². The first-order valence-corrected chi connectivity index (χ1v) is 7.59. The average Bonchev–Trinajstić information content (AvgIpc) is 2.89. The van der Waals surface area contributed by atoms with Crippen LogP contribution in [0.5, 0.6) is 5.75 Å². The Hall–Kier alpha value is -2.61. The summed E-state index contributed by atoms with van der Waals surface area (Å²) in [6, 6.07) is 8.07. The molecule has 0 bridgehead atoms. The number of ether oxygens (including phenoxy) is 1. The molecule has 0 saturated heterocycles. The molecule has 0 spiro atoms. The molecule has 0 aliphatic heterocycles. The van der Waals surface area contributed by atoms with Gasteiger partial charge in [-0.2, -0.15) is 5.10 Å². The number of halogens is 6. The summed E-state index contributed by atoms with van der Waals surface area (Å²) < 4.78 is 69.6. The van der Waals surface area contributed by atoms with Crippen LogP contribution in [0, 0.1) is 18.6 Å². The van der Waals surface area contributed by atoms with Gasteiger partial charge in [0, 0.05) is 11.6 Å². The Bertz CT molecular complexity index is 968. The maximum atomic E-state index is 13.8. The largest absolute Gasteiger partial charge is 0.573 e. The lowest BCUT2D eigenvalue weighted by Gasteiger charge is -2.12. The lowest BCUT2D eigenvalue weighted by molar-refractivity contribution is -0.274. The molecule has 2 aromatic carbocycles. The lowest BCUT2D eigenvalue weighted by atomic mass is 10.1. The number of rotatable bonds is 3. The summed E-state index contributed by atoms with van der Waals surface area (Å²) in [5, 5.41) is 4.06. The molecule has 0 fully saturated rings. The van der Waals surface area contributed by atoms with Gasteiger partial charge in [-0.15, -0.1) is 13.2 Å². The Morgan fingerprint density at radius 1 is 1.04 bits per heavy atom. The summed E-state index contributed by atoms with van der Waals surface area (Å²) in [6.07, 6.45) is -4.95. The first-order chi connectivity index (χ1) is 12.1. The molecule has 0 radical (unpaired) electrons. The van der Waals surface area contributed by atoms with Gasteiger partial charge in [0.2, 0.25) is 0 Å². The van der Waals surface area contributed by atoms with E-state index in [4.69, 9.17) is 11.6 Å². The van der Waals surface area contributed by atoms with Gasteiger partial charge in [-0.25, -0.2) is 13.5 Å². The van der Waals surface area contributed by atoms with E-state index in [1.165, 1.54) is 16.8 Å². The molecular formula is C17H10ClF5N2O. The molecule has 0 unspecified atom stereocenters. The number of aryl methyl sites for hydroxylation is 1. The quantitative estimate of drug-likeness (QED) is 0.540. The van der Waals surface area contributed by atoms with Crippen LogP contribution in [0.15, 0.2) is 42.5 Å². The van der Waals surface area contributed by atoms with Crippen LogP contribution in [0.1, 0.15) is 5.69 Å². The minimum atomic E-state index is -4.95. The van der Waals surface area contributed by atoms with Gasteiger partial charge in [0.1, 0.15) is 17.4 Å². The Kier molecular flexibility index (Phi) is 4.62. The van der Waals surface area contributed by atoms with Crippen LogP contribution in [-0.4, -0.2) is 16.1 Å². The third kappa shape index (κ3) is 3.96. The van der Waals surface area contributed by atoms with Crippen LogP contribution in [0.2, 0.25) is 5.02 Å². The van der Waals surface area contributed by atoms with Crippen LogP contribution in [0.4, 0.5) is 22.0 Å². The third-order valence-electron chi connectivity index (χ3n) is 3.38. The van der Waals surface area contributed by atoms with Crippen LogP contribution in [-0.2, 0) is 0 Å². The van der Waals surface area contributed by atoms with Gasteiger partial charge in [0.15, 0.2) is 0 Å². The molecule has 1 aromatic heterocycles. The smallest absolute Gasteiger partial charge is 0.406 e. The summed E-state index contributed by atoms with van der Waals surface area (Å²) in [7, 11) is 0. The predicted molar refractivity (Wildman–Crippen MR) is 85.3 cm³/mol. The second-order valence-corrected chi connectivity index (χ2v) is 5.81. The molecule has 0 aliphatic rings. The van der Waals surface area contributed by atoms with Gasteiger partial charge < -0.3 is 4.74 Å². The van der Waals surface area contributed by atoms with Crippen LogP contribution < -0.4 is 4.74 Å². The second kappa shape index (κ2) is 6.60. The molecule has 0 amide bonds. The molecule has 9 heteroatoms. The van der Waals surface area contributed by atoms with E-state index in [-0.39, 0.29) is 16.3 Å². The zero-order chi connectivity index (χ0) is 19.1. The van der Waals surface area contributed by atoms with E-state index >= 15 is 0 Å². The topological polar surface area (TPSA) is 27.1 Å². The minimum absolute atomic E-state index is 0.102. The van der Waals surface area contributed by atoms with E-state index in [1.807, 2.05) is 0 Å². The average molecular weight is 389 g/mol. The maximum absolute atomic E-state index is 13.8. The zero-order valence-corrected chi connectivity index (χ0v) is 13.9. The number of hydrogen-bond acceptors (Lipinski definition) is 2. The van der Waals surface area contributed by atoms with E-state index in [9.17, 15) is 22.0 Å². The molecule has 0 N–H and O–H groups in total. The summed E-state index contributed by atoms with van der Waals surface area (Å²) in [5.41, 5.74) is 1.27. The van der Waals surface area contributed by atoms with Crippen molar-refractivity contribution in [2.45, 2.75) is 13.3 Å². The number of nitrogens with zero attached hydrogens (tertiary/aromatic N) is 2. The van der Waals surface area contributed by atoms with E-state index in [2.05, 4.69) is 9.84 Å². The van der Waals surface area contributed by atoms with Gasteiger partial charge in [0.25, 0.3) is 0 Å². The Morgan fingerprint density at radius 3 is 2.42 bits per heavy atom. The van der Waals surface area contributed by atoms with Crippen LogP contribution >= 0.6 is 11.6 Å². The van der Waals surface area contributed by atoms with Crippen molar-refractivity contribution in [3.05, 3.63) is 64.8 Å². The van der Waals surface area contributed by atoms with E-state index in [0.29, 0.717) is 17.4 Å².